The van der Waals surface area contributed by atoms with Gasteiger partial charge in [0.05, 0.1) is 11.7 Å². The van der Waals surface area contributed by atoms with E-state index in [1.54, 1.807) is 6.07 Å². The molecular weight excluding hydrogens is 344 g/mol. The van der Waals surface area contributed by atoms with Gasteiger partial charge in [-0.2, -0.15) is 0 Å². The van der Waals surface area contributed by atoms with Crippen molar-refractivity contribution < 1.29 is 19.4 Å². The van der Waals surface area contributed by atoms with Gasteiger partial charge < -0.3 is 25.2 Å². The molecule has 0 unspecified atom stereocenters. The first kappa shape index (κ1) is 17.8. The summed E-state index contributed by atoms with van der Waals surface area (Å²) in [7, 11) is 0. The molecule has 2 aromatic rings. The summed E-state index contributed by atoms with van der Waals surface area (Å²) in [5.41, 5.74) is 1.91. The van der Waals surface area contributed by atoms with Crippen molar-refractivity contribution in [3.05, 3.63) is 53.6 Å². The summed E-state index contributed by atoms with van der Waals surface area (Å²) < 4.78 is 11.6. The average Bonchev–Trinajstić information content (AvgIpc) is 2.64. The Hall–Kier alpha value is -2.57. The summed E-state index contributed by atoms with van der Waals surface area (Å²) in [6.45, 7) is 4.44. The number of aliphatic hydroxyl groups excluding tert-OH is 1. The maximum atomic E-state index is 11.6. The van der Waals surface area contributed by atoms with Crippen LogP contribution in [0.5, 0.6) is 11.5 Å². The average molecular weight is 368 g/mol. The van der Waals surface area contributed by atoms with Crippen LogP contribution in [0.2, 0.25) is 0 Å². The SMILES string of the molecule is CC1(C)Oc2cc3c(cc2[C@H](NCCc2ccccc2)[C@H]1O)OCC(=O)N3. The standard InChI is InChI=1S/C21H24N2O4/c1-21(2)20(25)19(22-9-8-13-6-4-3-5-7-13)14-10-17-15(11-16(14)27-21)23-18(24)12-26-17/h3-7,10-11,19-20,22,25H,8-9,12H2,1-2H3,(H,23,24)/t19-,20+/m0/s1. The molecule has 0 saturated carbocycles. The van der Waals surface area contributed by atoms with E-state index in [1.165, 1.54) is 5.56 Å². The van der Waals surface area contributed by atoms with Gasteiger partial charge in [-0.05, 0) is 38.4 Å². The third kappa shape index (κ3) is 3.50. The van der Waals surface area contributed by atoms with Crippen molar-refractivity contribution in [3.8, 4) is 11.5 Å². The first-order valence-corrected chi connectivity index (χ1v) is 9.19. The molecular formula is C21H24N2O4. The number of carbonyl (C=O) groups excluding carboxylic acids is 1. The Labute approximate surface area is 158 Å². The van der Waals surface area contributed by atoms with Gasteiger partial charge in [0.1, 0.15) is 23.2 Å². The summed E-state index contributed by atoms with van der Waals surface area (Å²) >= 11 is 0. The minimum absolute atomic E-state index is 0.00715. The van der Waals surface area contributed by atoms with E-state index in [2.05, 4.69) is 22.8 Å². The highest BCUT2D eigenvalue weighted by molar-refractivity contribution is 5.95. The number of anilines is 1. The Kier molecular flexibility index (Phi) is 4.53. The van der Waals surface area contributed by atoms with Crippen molar-refractivity contribution in [1.82, 2.24) is 5.32 Å². The minimum atomic E-state index is -0.759. The Balaban J connectivity index is 1.60. The maximum Gasteiger partial charge on any atom is 0.262 e. The van der Waals surface area contributed by atoms with Crippen molar-refractivity contribution in [2.75, 3.05) is 18.5 Å². The zero-order valence-electron chi connectivity index (χ0n) is 15.5. The summed E-state index contributed by atoms with van der Waals surface area (Å²) in [6, 6.07) is 13.6. The van der Waals surface area contributed by atoms with Gasteiger partial charge in [0.2, 0.25) is 0 Å². The number of hydrogen-bond donors (Lipinski definition) is 3. The molecule has 0 bridgehead atoms. The Morgan fingerprint density at radius 3 is 2.78 bits per heavy atom. The maximum absolute atomic E-state index is 11.6. The van der Waals surface area contributed by atoms with Crippen molar-refractivity contribution in [3.63, 3.8) is 0 Å². The van der Waals surface area contributed by atoms with E-state index in [1.807, 2.05) is 38.1 Å². The topological polar surface area (TPSA) is 79.8 Å². The van der Waals surface area contributed by atoms with Crippen LogP contribution < -0.4 is 20.1 Å². The summed E-state index contributed by atoms with van der Waals surface area (Å²) in [5.74, 6) is 1.06. The Bertz CT molecular complexity index is 851. The fourth-order valence-corrected chi connectivity index (χ4v) is 3.61. The lowest BCUT2D eigenvalue weighted by atomic mass is 9.86. The van der Waals surface area contributed by atoms with E-state index in [4.69, 9.17) is 9.47 Å². The second-order valence-corrected chi connectivity index (χ2v) is 7.54. The number of hydrogen-bond acceptors (Lipinski definition) is 5. The van der Waals surface area contributed by atoms with Gasteiger partial charge in [0, 0.05) is 11.6 Å². The highest BCUT2D eigenvalue weighted by Crippen LogP contribution is 2.45. The molecule has 2 atom stereocenters. The number of nitrogens with one attached hydrogen (secondary N) is 2. The summed E-state index contributed by atoms with van der Waals surface area (Å²) in [6.07, 6.45) is 0.134. The molecule has 2 heterocycles. The molecule has 0 saturated heterocycles. The molecule has 0 aliphatic carbocycles. The molecule has 1 amide bonds. The molecule has 4 rings (SSSR count). The molecule has 0 radical (unpaired) electrons. The van der Waals surface area contributed by atoms with E-state index >= 15 is 0 Å². The number of benzene rings is 2. The van der Waals surface area contributed by atoms with Crippen LogP contribution in [0.25, 0.3) is 0 Å². The highest BCUT2D eigenvalue weighted by atomic mass is 16.5. The largest absolute Gasteiger partial charge is 0.485 e. The van der Waals surface area contributed by atoms with Crippen LogP contribution in [0.3, 0.4) is 0 Å². The van der Waals surface area contributed by atoms with Crippen LogP contribution >= 0.6 is 0 Å². The van der Waals surface area contributed by atoms with Crippen molar-refractivity contribution in [2.24, 2.45) is 0 Å². The number of carbonyl (C=O) groups is 1. The zero-order chi connectivity index (χ0) is 19.0. The van der Waals surface area contributed by atoms with Crippen LogP contribution in [0, 0.1) is 0 Å². The van der Waals surface area contributed by atoms with Crippen molar-refractivity contribution in [2.45, 2.75) is 38.0 Å². The normalized spacial score (nSPS) is 22.7. The lowest BCUT2D eigenvalue weighted by Gasteiger charge is -2.43. The van der Waals surface area contributed by atoms with Crippen LogP contribution in [0.1, 0.15) is 31.0 Å². The molecule has 3 N–H and O–H groups in total. The second kappa shape index (κ2) is 6.87. The van der Waals surface area contributed by atoms with Crippen LogP contribution in [-0.4, -0.2) is 35.9 Å². The number of rotatable bonds is 4. The molecule has 0 spiro atoms. The Morgan fingerprint density at radius 1 is 1.22 bits per heavy atom. The zero-order valence-corrected chi connectivity index (χ0v) is 15.5. The van der Waals surface area contributed by atoms with Gasteiger partial charge in [0.15, 0.2) is 6.61 Å². The van der Waals surface area contributed by atoms with Crippen molar-refractivity contribution in [1.29, 1.82) is 0 Å². The number of ether oxygens (including phenoxy) is 2. The van der Waals surface area contributed by atoms with Gasteiger partial charge in [-0.3, -0.25) is 4.79 Å². The smallest absolute Gasteiger partial charge is 0.262 e. The van der Waals surface area contributed by atoms with Crippen molar-refractivity contribution >= 4 is 11.6 Å². The first-order chi connectivity index (χ1) is 12.9. The van der Waals surface area contributed by atoms with Gasteiger partial charge in [0.25, 0.3) is 5.91 Å². The van der Waals surface area contributed by atoms with E-state index in [0.717, 1.165) is 18.5 Å². The molecule has 2 aliphatic rings. The molecule has 0 fully saturated rings. The van der Waals surface area contributed by atoms with Gasteiger partial charge in [-0.25, -0.2) is 0 Å². The second-order valence-electron chi connectivity index (χ2n) is 7.54. The minimum Gasteiger partial charge on any atom is -0.485 e. The summed E-state index contributed by atoms with van der Waals surface area (Å²) in [5, 5.41) is 17.2. The molecule has 142 valence electrons. The molecule has 27 heavy (non-hydrogen) atoms. The lowest BCUT2D eigenvalue weighted by Crippen LogP contribution is -2.52. The van der Waals surface area contributed by atoms with Crippen LogP contribution in [-0.2, 0) is 11.2 Å². The van der Waals surface area contributed by atoms with Gasteiger partial charge >= 0.3 is 0 Å². The van der Waals surface area contributed by atoms with E-state index in [0.29, 0.717) is 17.2 Å². The van der Waals surface area contributed by atoms with Crippen LogP contribution in [0.4, 0.5) is 5.69 Å². The molecule has 6 heteroatoms. The quantitative estimate of drug-likeness (QED) is 0.772. The lowest BCUT2D eigenvalue weighted by molar-refractivity contribution is -0.118. The van der Waals surface area contributed by atoms with E-state index < -0.39 is 11.7 Å². The molecule has 2 aliphatic heterocycles. The third-order valence-corrected chi connectivity index (χ3v) is 5.10. The predicted octanol–water partition coefficient (Wildman–Crippen LogP) is 2.42. The molecule has 2 aromatic carbocycles. The molecule has 6 nitrogen and oxygen atoms in total. The third-order valence-electron chi connectivity index (χ3n) is 5.10. The highest BCUT2D eigenvalue weighted by Gasteiger charge is 2.43. The van der Waals surface area contributed by atoms with E-state index in [9.17, 15) is 9.90 Å². The fourth-order valence-electron chi connectivity index (χ4n) is 3.61. The van der Waals surface area contributed by atoms with Gasteiger partial charge in [-0.15, -0.1) is 0 Å². The fraction of sp³-hybridized carbons (Fsp3) is 0.381. The number of amides is 1. The first-order valence-electron chi connectivity index (χ1n) is 9.19. The van der Waals surface area contributed by atoms with E-state index in [-0.39, 0.29) is 18.6 Å². The molecule has 0 aromatic heterocycles. The number of fused-ring (bicyclic) bond motifs is 2. The predicted molar refractivity (Wildman–Crippen MR) is 102 cm³/mol. The van der Waals surface area contributed by atoms with Gasteiger partial charge in [-0.1, -0.05) is 30.3 Å². The number of aliphatic hydroxyl groups is 1. The Morgan fingerprint density at radius 2 is 2.00 bits per heavy atom. The monoisotopic (exact) mass is 368 g/mol. The summed E-state index contributed by atoms with van der Waals surface area (Å²) in [4.78, 5) is 11.6. The van der Waals surface area contributed by atoms with Crippen LogP contribution in [0.15, 0.2) is 42.5 Å².